The number of fused-ring (bicyclic) bond motifs is 2. The fourth-order valence-electron chi connectivity index (χ4n) is 2.91. The van der Waals surface area contributed by atoms with Crippen LogP contribution in [0.1, 0.15) is 28.4 Å². The van der Waals surface area contributed by atoms with Crippen molar-refractivity contribution in [3.63, 3.8) is 0 Å². The van der Waals surface area contributed by atoms with Crippen LogP contribution in [0.3, 0.4) is 0 Å². The summed E-state index contributed by atoms with van der Waals surface area (Å²) in [5, 5.41) is 0.587. The summed E-state index contributed by atoms with van der Waals surface area (Å²) in [7, 11) is 0. The van der Waals surface area contributed by atoms with Gasteiger partial charge in [-0.15, -0.1) is 0 Å². The molecule has 3 aromatic rings. The molecule has 1 aliphatic heterocycles. The van der Waals surface area contributed by atoms with Gasteiger partial charge in [0.15, 0.2) is 5.75 Å². The molecule has 0 bridgehead atoms. The van der Waals surface area contributed by atoms with Crippen molar-refractivity contribution in [1.82, 2.24) is 0 Å². The third kappa shape index (κ3) is 3.44. The lowest BCUT2D eigenvalue weighted by Crippen LogP contribution is -2.07. The number of para-hydroxylation sites is 1. The number of nitrogens with zero attached hydrogens (tertiary/aromatic N) is 1. The molecule has 0 unspecified atom stereocenters. The molecule has 1 heterocycles. The highest BCUT2D eigenvalue weighted by molar-refractivity contribution is 6.30. The number of benzene rings is 3. The van der Waals surface area contributed by atoms with Gasteiger partial charge >= 0.3 is 5.97 Å². The van der Waals surface area contributed by atoms with Gasteiger partial charge in [-0.2, -0.15) is 0 Å². The second-order valence-corrected chi connectivity index (χ2v) is 6.40. The van der Waals surface area contributed by atoms with Crippen molar-refractivity contribution in [1.29, 1.82) is 0 Å². The molecule has 4 nitrogen and oxygen atoms in total. The molecule has 27 heavy (non-hydrogen) atoms. The normalized spacial score (nSPS) is 12.1. The highest BCUT2D eigenvalue weighted by Gasteiger charge is 2.20. The summed E-state index contributed by atoms with van der Waals surface area (Å²) in [6.45, 7) is 2.13. The van der Waals surface area contributed by atoms with Crippen LogP contribution in [0.5, 0.6) is 11.5 Å². The molecule has 0 aliphatic carbocycles. The van der Waals surface area contributed by atoms with E-state index in [1.54, 1.807) is 31.2 Å². The Kier molecular flexibility index (Phi) is 4.65. The molecule has 1 aliphatic rings. The Morgan fingerprint density at radius 1 is 1.04 bits per heavy atom. The predicted molar refractivity (Wildman–Crippen MR) is 106 cm³/mol. The first kappa shape index (κ1) is 17.3. The summed E-state index contributed by atoms with van der Waals surface area (Å²) in [6.07, 6.45) is 0. The van der Waals surface area contributed by atoms with Crippen LogP contribution in [0, 0.1) is 0 Å². The smallest absolute Gasteiger partial charge is 0.338 e. The third-order valence-corrected chi connectivity index (χ3v) is 4.42. The van der Waals surface area contributed by atoms with E-state index >= 15 is 0 Å². The molecule has 134 valence electrons. The molecule has 0 atom stereocenters. The quantitative estimate of drug-likeness (QED) is 0.424. The molecular weight excluding hydrogens is 362 g/mol. The fourth-order valence-corrected chi connectivity index (χ4v) is 3.07. The number of carbonyl (C=O) groups is 1. The monoisotopic (exact) mass is 377 g/mol. The van der Waals surface area contributed by atoms with Gasteiger partial charge in [-0.05, 0) is 43.3 Å². The summed E-state index contributed by atoms with van der Waals surface area (Å²) >= 11 is 6.11. The van der Waals surface area contributed by atoms with E-state index in [2.05, 4.69) is 0 Å². The van der Waals surface area contributed by atoms with Crippen molar-refractivity contribution in [2.24, 2.45) is 4.99 Å². The topological polar surface area (TPSA) is 47.9 Å². The minimum absolute atomic E-state index is 0.337. The first-order chi connectivity index (χ1) is 13.2. The van der Waals surface area contributed by atoms with E-state index in [0.29, 0.717) is 34.4 Å². The second kappa shape index (κ2) is 7.25. The largest absolute Gasteiger partial charge is 0.462 e. The highest BCUT2D eigenvalue weighted by atomic mass is 35.5. The SMILES string of the molecule is CCOC(=O)c1ccc(C2=Nc3ccc(Cl)cc3Oc3ccccc32)cc1. The molecule has 4 rings (SSSR count). The van der Waals surface area contributed by atoms with Gasteiger partial charge in [0.2, 0.25) is 0 Å². The van der Waals surface area contributed by atoms with E-state index in [1.807, 2.05) is 42.5 Å². The van der Waals surface area contributed by atoms with Crippen molar-refractivity contribution in [3.05, 3.63) is 88.4 Å². The van der Waals surface area contributed by atoms with Gasteiger partial charge in [0.1, 0.15) is 11.4 Å². The Hall–Kier alpha value is -3.11. The van der Waals surface area contributed by atoms with Gasteiger partial charge in [0, 0.05) is 22.2 Å². The van der Waals surface area contributed by atoms with Crippen molar-refractivity contribution >= 4 is 29.0 Å². The van der Waals surface area contributed by atoms with Crippen LogP contribution in [0.25, 0.3) is 0 Å². The zero-order valence-electron chi connectivity index (χ0n) is 14.6. The first-order valence-electron chi connectivity index (χ1n) is 8.59. The van der Waals surface area contributed by atoms with Gasteiger partial charge < -0.3 is 9.47 Å². The molecule has 0 spiro atoms. The maximum absolute atomic E-state index is 11.9. The molecule has 0 fully saturated rings. The van der Waals surface area contributed by atoms with Crippen LogP contribution < -0.4 is 4.74 Å². The van der Waals surface area contributed by atoms with E-state index in [4.69, 9.17) is 26.1 Å². The number of hydrogen-bond donors (Lipinski definition) is 0. The highest BCUT2D eigenvalue weighted by Crippen LogP contribution is 2.40. The predicted octanol–water partition coefficient (Wildman–Crippen LogP) is 5.79. The standard InChI is InChI=1S/C22H16ClNO3/c1-2-26-22(25)15-9-7-14(8-10-15)21-17-5-3-4-6-19(17)27-20-13-16(23)11-12-18(20)24-21/h3-13H,2H2,1H3. The minimum Gasteiger partial charge on any atom is -0.462 e. The summed E-state index contributed by atoms with van der Waals surface area (Å²) in [5.74, 6) is 0.968. The lowest BCUT2D eigenvalue weighted by molar-refractivity contribution is 0.0526. The molecule has 0 radical (unpaired) electrons. The fraction of sp³-hybridized carbons (Fsp3) is 0.0909. The van der Waals surface area contributed by atoms with Crippen LogP contribution in [-0.4, -0.2) is 18.3 Å². The van der Waals surface area contributed by atoms with Crippen LogP contribution >= 0.6 is 11.6 Å². The van der Waals surface area contributed by atoms with E-state index in [1.165, 1.54) is 0 Å². The van der Waals surface area contributed by atoms with Crippen molar-refractivity contribution in [3.8, 4) is 11.5 Å². The van der Waals surface area contributed by atoms with Crippen LogP contribution in [-0.2, 0) is 4.74 Å². The van der Waals surface area contributed by atoms with Gasteiger partial charge in [-0.1, -0.05) is 35.9 Å². The first-order valence-corrected chi connectivity index (χ1v) is 8.96. The number of ether oxygens (including phenoxy) is 2. The Labute approximate surface area is 162 Å². The van der Waals surface area contributed by atoms with Crippen molar-refractivity contribution in [2.45, 2.75) is 6.92 Å². The summed E-state index contributed by atoms with van der Waals surface area (Å²) in [4.78, 5) is 16.7. The molecule has 0 saturated heterocycles. The maximum Gasteiger partial charge on any atom is 0.338 e. The van der Waals surface area contributed by atoms with Crippen molar-refractivity contribution in [2.75, 3.05) is 6.61 Å². The number of aliphatic imine (C=N–C) groups is 1. The van der Waals surface area contributed by atoms with Crippen LogP contribution in [0.2, 0.25) is 5.02 Å². The molecule has 0 saturated carbocycles. The maximum atomic E-state index is 11.9. The van der Waals surface area contributed by atoms with Crippen LogP contribution in [0.15, 0.2) is 71.7 Å². The molecule has 3 aromatic carbocycles. The van der Waals surface area contributed by atoms with Gasteiger partial charge in [-0.25, -0.2) is 9.79 Å². The number of rotatable bonds is 3. The average Bonchev–Trinajstić information content (AvgIpc) is 2.84. The minimum atomic E-state index is -0.337. The van der Waals surface area contributed by atoms with Gasteiger partial charge in [0.05, 0.1) is 17.9 Å². The van der Waals surface area contributed by atoms with E-state index in [-0.39, 0.29) is 5.97 Å². The lowest BCUT2D eigenvalue weighted by atomic mass is 10.00. The van der Waals surface area contributed by atoms with E-state index in [9.17, 15) is 4.79 Å². The average molecular weight is 378 g/mol. The number of halogens is 1. The Bertz CT molecular complexity index is 1040. The number of esters is 1. The van der Waals surface area contributed by atoms with E-state index in [0.717, 1.165) is 16.8 Å². The molecular formula is C22H16ClNO3. The Balaban J connectivity index is 1.82. The molecule has 0 amide bonds. The van der Waals surface area contributed by atoms with Gasteiger partial charge in [-0.3, -0.25) is 0 Å². The Morgan fingerprint density at radius 2 is 1.81 bits per heavy atom. The zero-order valence-corrected chi connectivity index (χ0v) is 15.4. The Morgan fingerprint density at radius 3 is 2.59 bits per heavy atom. The van der Waals surface area contributed by atoms with E-state index < -0.39 is 0 Å². The number of hydrogen-bond acceptors (Lipinski definition) is 4. The number of carbonyl (C=O) groups excluding carboxylic acids is 1. The summed E-state index contributed by atoms with van der Waals surface area (Å²) in [5.41, 5.74) is 3.71. The molecule has 0 aromatic heterocycles. The zero-order chi connectivity index (χ0) is 18.8. The molecule has 5 heteroatoms. The third-order valence-electron chi connectivity index (χ3n) is 4.19. The summed E-state index contributed by atoms with van der Waals surface area (Å²) < 4.78 is 11.1. The lowest BCUT2D eigenvalue weighted by Gasteiger charge is -2.10. The molecule has 0 N–H and O–H groups in total. The van der Waals surface area contributed by atoms with Crippen LogP contribution in [0.4, 0.5) is 5.69 Å². The van der Waals surface area contributed by atoms with Crippen molar-refractivity contribution < 1.29 is 14.3 Å². The summed E-state index contributed by atoms with van der Waals surface area (Å²) in [6, 6.07) is 20.3. The van der Waals surface area contributed by atoms with Gasteiger partial charge in [0.25, 0.3) is 0 Å². The second-order valence-electron chi connectivity index (χ2n) is 5.97.